The van der Waals surface area contributed by atoms with E-state index in [9.17, 15) is 8.42 Å². The number of hydrogen-bond acceptors (Lipinski definition) is 2. The maximum Gasteiger partial charge on any atom is 0.142 e. The van der Waals surface area contributed by atoms with Crippen LogP contribution in [0.25, 0.3) is 0 Å². The predicted molar refractivity (Wildman–Crippen MR) is 39.0 cm³/mol. The lowest BCUT2D eigenvalue weighted by molar-refractivity contribution is 0.593. The average molecular weight is 149 g/mol. The van der Waals surface area contributed by atoms with Crippen molar-refractivity contribution in [2.45, 2.75) is 31.4 Å². The molecule has 0 aromatic carbocycles. The summed E-state index contributed by atoms with van der Waals surface area (Å²) in [6.07, 6.45) is 2.49. The minimum absolute atomic E-state index is 0.165. The van der Waals surface area contributed by atoms with Crippen molar-refractivity contribution in [1.29, 1.82) is 0 Å². The molecule has 0 fully saturated rings. The molecular formula is C6H13O2S. The molecule has 3 heteroatoms. The molecule has 1 unspecified atom stereocenters. The fraction of sp³-hybridized carbons (Fsp3) is 0.833. The Bertz CT molecular complexity index is 121. The van der Waals surface area contributed by atoms with Crippen molar-refractivity contribution in [3.63, 3.8) is 0 Å². The van der Waals surface area contributed by atoms with Gasteiger partial charge in [0.2, 0.25) is 0 Å². The molecule has 55 valence electrons. The van der Waals surface area contributed by atoms with Crippen LogP contribution in [0.2, 0.25) is 0 Å². The third kappa shape index (κ3) is 4.45. The van der Waals surface area contributed by atoms with Crippen molar-refractivity contribution < 1.29 is 8.42 Å². The Labute approximate surface area is 58.2 Å². The van der Waals surface area contributed by atoms with Crippen LogP contribution in [-0.2, 0) is 10.7 Å². The minimum atomic E-state index is -2.20. The second-order valence-electron chi connectivity index (χ2n) is 2.13. The van der Waals surface area contributed by atoms with Crippen molar-refractivity contribution in [3.8, 4) is 0 Å². The molecule has 0 saturated carbocycles. The van der Waals surface area contributed by atoms with Crippen LogP contribution >= 0.6 is 0 Å². The molecule has 0 aliphatic rings. The van der Waals surface area contributed by atoms with E-state index >= 15 is 0 Å². The highest BCUT2D eigenvalue weighted by atomic mass is 32.2. The van der Waals surface area contributed by atoms with Crippen molar-refractivity contribution in [2.75, 3.05) is 0 Å². The van der Waals surface area contributed by atoms with Gasteiger partial charge in [-0.3, -0.25) is 0 Å². The zero-order valence-electron chi connectivity index (χ0n) is 5.67. The number of unbranched alkanes of at least 4 members (excludes halogenated alkanes) is 1. The van der Waals surface area contributed by atoms with Crippen LogP contribution in [0, 0.1) is 6.92 Å². The van der Waals surface area contributed by atoms with E-state index in [4.69, 9.17) is 0 Å². The fourth-order valence-electron chi connectivity index (χ4n) is 0.545. The van der Waals surface area contributed by atoms with Gasteiger partial charge >= 0.3 is 0 Å². The van der Waals surface area contributed by atoms with Crippen molar-refractivity contribution in [1.82, 2.24) is 0 Å². The molecule has 0 aromatic heterocycles. The van der Waals surface area contributed by atoms with E-state index in [1.165, 1.54) is 0 Å². The Morgan fingerprint density at radius 2 is 2.11 bits per heavy atom. The SMILES string of the molecule is [CH2]CCCC(C)[SH](=O)=O. The van der Waals surface area contributed by atoms with Gasteiger partial charge in [-0.15, -0.1) is 0 Å². The van der Waals surface area contributed by atoms with E-state index in [0.717, 1.165) is 19.3 Å². The van der Waals surface area contributed by atoms with Crippen LogP contribution in [0.5, 0.6) is 0 Å². The number of hydrogen-bond donors (Lipinski definition) is 1. The highest BCUT2D eigenvalue weighted by Crippen LogP contribution is 2.01. The van der Waals surface area contributed by atoms with E-state index in [0.29, 0.717) is 0 Å². The van der Waals surface area contributed by atoms with Crippen LogP contribution in [0.1, 0.15) is 26.2 Å². The van der Waals surface area contributed by atoms with Gasteiger partial charge < -0.3 is 0 Å². The van der Waals surface area contributed by atoms with Crippen LogP contribution in [0.3, 0.4) is 0 Å². The maximum atomic E-state index is 10.2. The van der Waals surface area contributed by atoms with E-state index in [2.05, 4.69) is 6.92 Å². The first-order valence-corrected chi connectivity index (χ1v) is 4.36. The molecule has 0 heterocycles. The van der Waals surface area contributed by atoms with Crippen molar-refractivity contribution >= 4 is 10.7 Å². The van der Waals surface area contributed by atoms with Gasteiger partial charge in [-0.2, -0.15) is 0 Å². The maximum absolute atomic E-state index is 10.2. The van der Waals surface area contributed by atoms with Crippen LogP contribution < -0.4 is 0 Å². The molecule has 0 rings (SSSR count). The van der Waals surface area contributed by atoms with Gasteiger partial charge in [0, 0.05) is 0 Å². The second-order valence-corrected chi connectivity index (χ2v) is 3.58. The largest absolute Gasteiger partial charge is 0.232 e. The summed E-state index contributed by atoms with van der Waals surface area (Å²) in [7, 11) is -2.20. The molecule has 0 aliphatic heterocycles. The molecule has 1 radical (unpaired) electrons. The topological polar surface area (TPSA) is 34.1 Å². The average Bonchev–Trinajstić information content (AvgIpc) is 1.82. The van der Waals surface area contributed by atoms with Crippen LogP contribution in [0.4, 0.5) is 0 Å². The van der Waals surface area contributed by atoms with Gasteiger partial charge in [-0.25, -0.2) is 8.42 Å². The minimum Gasteiger partial charge on any atom is -0.232 e. The molecular weight excluding hydrogens is 136 g/mol. The molecule has 0 spiro atoms. The fourth-order valence-corrected chi connectivity index (χ4v) is 0.939. The number of rotatable bonds is 4. The predicted octanol–water partition coefficient (Wildman–Crippen LogP) is 0.991. The Hall–Kier alpha value is -0.0500. The van der Waals surface area contributed by atoms with E-state index in [1.54, 1.807) is 6.92 Å². The Morgan fingerprint density at radius 1 is 1.56 bits per heavy atom. The third-order valence-corrected chi connectivity index (χ3v) is 2.21. The first-order chi connectivity index (χ1) is 4.18. The molecule has 1 atom stereocenters. The Balaban J connectivity index is 3.38. The summed E-state index contributed by atoms with van der Waals surface area (Å²) in [4.78, 5) is 0. The summed E-state index contributed by atoms with van der Waals surface area (Å²) in [6.45, 7) is 5.34. The third-order valence-electron chi connectivity index (χ3n) is 1.23. The first kappa shape index (κ1) is 8.95. The Kier molecular flexibility index (Phi) is 4.77. The van der Waals surface area contributed by atoms with Crippen molar-refractivity contribution in [2.24, 2.45) is 0 Å². The summed E-state index contributed by atoms with van der Waals surface area (Å²) in [5.74, 6) is 0. The zero-order valence-corrected chi connectivity index (χ0v) is 6.56. The standard InChI is InChI=1S/C6H13O2S/c1-3-4-5-6(2)9(7)8/h6,9H,1,3-5H2,2H3. The van der Waals surface area contributed by atoms with E-state index in [-0.39, 0.29) is 5.25 Å². The zero-order chi connectivity index (χ0) is 7.28. The van der Waals surface area contributed by atoms with Gasteiger partial charge in [0.05, 0.1) is 5.25 Å². The molecule has 0 N–H and O–H groups in total. The van der Waals surface area contributed by atoms with Crippen molar-refractivity contribution in [3.05, 3.63) is 6.92 Å². The normalized spacial score (nSPS) is 14.1. The molecule has 0 aliphatic carbocycles. The second kappa shape index (κ2) is 4.79. The molecule has 0 aromatic rings. The van der Waals surface area contributed by atoms with Gasteiger partial charge in [0.15, 0.2) is 0 Å². The lowest BCUT2D eigenvalue weighted by Gasteiger charge is -1.98. The molecule has 0 saturated heterocycles. The summed E-state index contributed by atoms with van der Waals surface area (Å²) in [5, 5.41) is -0.165. The van der Waals surface area contributed by atoms with Gasteiger partial charge in [-0.05, 0) is 13.3 Å². The van der Waals surface area contributed by atoms with E-state index < -0.39 is 10.7 Å². The summed E-state index contributed by atoms with van der Waals surface area (Å²) in [5.41, 5.74) is 0. The smallest absolute Gasteiger partial charge is 0.142 e. The molecule has 0 amide bonds. The molecule has 0 bridgehead atoms. The first-order valence-electron chi connectivity index (χ1n) is 3.11. The summed E-state index contributed by atoms with van der Waals surface area (Å²) in [6, 6.07) is 0. The molecule has 2 nitrogen and oxygen atoms in total. The van der Waals surface area contributed by atoms with E-state index in [1.807, 2.05) is 0 Å². The highest BCUT2D eigenvalue weighted by molar-refractivity contribution is 7.73. The van der Waals surface area contributed by atoms with Crippen LogP contribution in [-0.4, -0.2) is 13.7 Å². The molecule has 9 heavy (non-hydrogen) atoms. The Morgan fingerprint density at radius 3 is 2.44 bits per heavy atom. The monoisotopic (exact) mass is 149 g/mol. The lowest BCUT2D eigenvalue weighted by atomic mass is 10.2. The van der Waals surface area contributed by atoms with Crippen LogP contribution in [0.15, 0.2) is 0 Å². The summed E-state index contributed by atoms with van der Waals surface area (Å²) < 4.78 is 20.4. The highest BCUT2D eigenvalue weighted by Gasteiger charge is 2.01. The quantitative estimate of drug-likeness (QED) is 0.605. The lowest BCUT2D eigenvalue weighted by Crippen LogP contribution is -2.02. The van der Waals surface area contributed by atoms with Gasteiger partial charge in [0.1, 0.15) is 10.7 Å². The van der Waals surface area contributed by atoms with Gasteiger partial charge in [-0.1, -0.05) is 19.8 Å². The van der Waals surface area contributed by atoms with Gasteiger partial charge in [0.25, 0.3) is 0 Å². The number of thiol groups is 1. The summed E-state index contributed by atoms with van der Waals surface area (Å²) >= 11 is 0.